The van der Waals surface area contributed by atoms with Gasteiger partial charge < -0.3 is 16.1 Å². The van der Waals surface area contributed by atoms with Gasteiger partial charge in [-0.1, -0.05) is 6.92 Å². The predicted octanol–water partition coefficient (Wildman–Crippen LogP) is -0.127. The molecule has 0 unspecified atom stereocenters. The van der Waals surface area contributed by atoms with E-state index in [1.807, 2.05) is 6.92 Å². The molecule has 1 heterocycles. The van der Waals surface area contributed by atoms with E-state index in [1.54, 1.807) is 7.05 Å². The zero-order valence-corrected chi connectivity index (χ0v) is 10.1. The van der Waals surface area contributed by atoms with E-state index in [0.717, 1.165) is 12.0 Å². The first-order valence-corrected chi connectivity index (χ1v) is 5.47. The number of nitrogens with one attached hydrogen (secondary N) is 3. The Labute approximate surface area is 100 Å². The van der Waals surface area contributed by atoms with Crippen LogP contribution >= 0.6 is 0 Å². The van der Waals surface area contributed by atoms with Gasteiger partial charge in [-0.15, -0.1) is 0 Å². The summed E-state index contributed by atoms with van der Waals surface area (Å²) in [5.41, 5.74) is 3.44. The first-order valence-electron chi connectivity index (χ1n) is 5.47. The van der Waals surface area contributed by atoms with Gasteiger partial charge in [0, 0.05) is 25.6 Å². The van der Waals surface area contributed by atoms with E-state index in [9.17, 15) is 4.79 Å². The van der Waals surface area contributed by atoms with Gasteiger partial charge in [0.2, 0.25) is 5.91 Å². The standard InChI is InChI=1S/C10H18N6O/c1-3-7-9(13-5-4-8(17)12-2)14-6-15-10(7)16-11/h6H,3-5,11H2,1-2H3,(H,12,17)(H2,13,14,15,16). The van der Waals surface area contributed by atoms with Crippen LogP contribution in [-0.2, 0) is 11.2 Å². The number of aromatic nitrogens is 2. The number of nitrogen functional groups attached to an aromatic ring is 1. The van der Waals surface area contributed by atoms with Crippen LogP contribution < -0.4 is 21.9 Å². The van der Waals surface area contributed by atoms with Gasteiger partial charge in [-0.05, 0) is 6.42 Å². The third kappa shape index (κ3) is 3.56. The molecule has 7 heteroatoms. The van der Waals surface area contributed by atoms with Crippen molar-refractivity contribution in [1.29, 1.82) is 0 Å². The highest BCUT2D eigenvalue weighted by molar-refractivity contribution is 5.76. The number of hydrogen-bond donors (Lipinski definition) is 4. The van der Waals surface area contributed by atoms with Crippen molar-refractivity contribution in [3.05, 3.63) is 11.9 Å². The van der Waals surface area contributed by atoms with Crippen LogP contribution in [0.1, 0.15) is 18.9 Å². The Balaban J connectivity index is 2.67. The monoisotopic (exact) mass is 238 g/mol. The molecule has 1 rings (SSSR count). The average molecular weight is 238 g/mol. The topological polar surface area (TPSA) is 105 Å². The molecule has 94 valence electrons. The van der Waals surface area contributed by atoms with Crippen LogP contribution in [0.3, 0.4) is 0 Å². The number of nitrogens with two attached hydrogens (primary N) is 1. The third-order valence-electron chi connectivity index (χ3n) is 2.36. The Morgan fingerprint density at radius 3 is 2.71 bits per heavy atom. The molecule has 0 aliphatic rings. The second kappa shape index (κ2) is 6.64. The molecule has 1 aromatic heterocycles. The molecular weight excluding hydrogens is 220 g/mol. The van der Waals surface area contributed by atoms with Crippen molar-refractivity contribution >= 4 is 17.5 Å². The van der Waals surface area contributed by atoms with Crippen molar-refractivity contribution in [2.75, 3.05) is 24.3 Å². The highest BCUT2D eigenvalue weighted by Crippen LogP contribution is 2.19. The van der Waals surface area contributed by atoms with Crippen molar-refractivity contribution in [2.24, 2.45) is 5.84 Å². The molecule has 0 aliphatic carbocycles. The van der Waals surface area contributed by atoms with Gasteiger partial charge in [-0.2, -0.15) is 0 Å². The van der Waals surface area contributed by atoms with Crippen LogP contribution in [0.25, 0.3) is 0 Å². The zero-order valence-electron chi connectivity index (χ0n) is 10.1. The second-order valence-electron chi connectivity index (χ2n) is 3.40. The number of anilines is 2. The molecular formula is C10H18N6O. The van der Waals surface area contributed by atoms with Gasteiger partial charge in [0.05, 0.1) is 0 Å². The molecule has 5 N–H and O–H groups in total. The van der Waals surface area contributed by atoms with E-state index >= 15 is 0 Å². The van der Waals surface area contributed by atoms with Crippen LogP contribution in [0.15, 0.2) is 6.33 Å². The van der Waals surface area contributed by atoms with Gasteiger partial charge in [0.15, 0.2) is 0 Å². The van der Waals surface area contributed by atoms with E-state index in [-0.39, 0.29) is 5.91 Å². The molecule has 0 spiro atoms. The molecule has 0 aliphatic heterocycles. The van der Waals surface area contributed by atoms with Crippen LogP contribution in [0, 0.1) is 0 Å². The first kappa shape index (κ1) is 13.2. The molecule has 0 saturated carbocycles. The summed E-state index contributed by atoms with van der Waals surface area (Å²) in [6, 6.07) is 0. The molecule has 1 aromatic rings. The van der Waals surface area contributed by atoms with Gasteiger partial charge in [0.1, 0.15) is 18.0 Å². The summed E-state index contributed by atoms with van der Waals surface area (Å²) in [4.78, 5) is 19.2. The molecule has 17 heavy (non-hydrogen) atoms. The summed E-state index contributed by atoms with van der Waals surface area (Å²) >= 11 is 0. The third-order valence-corrected chi connectivity index (χ3v) is 2.36. The quantitative estimate of drug-likeness (QED) is 0.406. The molecule has 7 nitrogen and oxygen atoms in total. The number of hydrogen-bond acceptors (Lipinski definition) is 6. The fraction of sp³-hybridized carbons (Fsp3) is 0.500. The summed E-state index contributed by atoms with van der Waals surface area (Å²) in [5.74, 6) is 6.66. The lowest BCUT2D eigenvalue weighted by Gasteiger charge is -2.12. The van der Waals surface area contributed by atoms with E-state index < -0.39 is 0 Å². The molecule has 0 fully saturated rings. The lowest BCUT2D eigenvalue weighted by Crippen LogP contribution is -2.21. The van der Waals surface area contributed by atoms with Crippen molar-refractivity contribution < 1.29 is 4.79 Å². The Hall–Kier alpha value is -1.89. The van der Waals surface area contributed by atoms with Crippen molar-refractivity contribution in [2.45, 2.75) is 19.8 Å². The van der Waals surface area contributed by atoms with E-state index in [1.165, 1.54) is 6.33 Å². The maximum atomic E-state index is 11.1. The summed E-state index contributed by atoms with van der Waals surface area (Å²) in [5, 5.41) is 5.65. The second-order valence-corrected chi connectivity index (χ2v) is 3.40. The van der Waals surface area contributed by atoms with Crippen LogP contribution in [0.5, 0.6) is 0 Å². The smallest absolute Gasteiger partial charge is 0.221 e. The van der Waals surface area contributed by atoms with E-state index in [0.29, 0.717) is 24.6 Å². The number of carbonyl (C=O) groups is 1. The highest BCUT2D eigenvalue weighted by Gasteiger charge is 2.08. The lowest BCUT2D eigenvalue weighted by atomic mass is 10.2. The average Bonchev–Trinajstić information content (AvgIpc) is 2.37. The maximum Gasteiger partial charge on any atom is 0.221 e. The van der Waals surface area contributed by atoms with E-state index in [2.05, 4.69) is 26.0 Å². The minimum atomic E-state index is -0.0122. The van der Waals surface area contributed by atoms with Gasteiger partial charge in [-0.25, -0.2) is 15.8 Å². The van der Waals surface area contributed by atoms with Gasteiger partial charge in [-0.3, -0.25) is 4.79 Å². The lowest BCUT2D eigenvalue weighted by molar-refractivity contribution is -0.120. The summed E-state index contributed by atoms with van der Waals surface area (Å²) in [7, 11) is 1.61. The predicted molar refractivity (Wildman–Crippen MR) is 66.4 cm³/mol. The van der Waals surface area contributed by atoms with Gasteiger partial charge >= 0.3 is 0 Å². The summed E-state index contributed by atoms with van der Waals surface area (Å²) < 4.78 is 0. The Morgan fingerprint density at radius 2 is 2.12 bits per heavy atom. The largest absolute Gasteiger partial charge is 0.369 e. The maximum absolute atomic E-state index is 11.1. The Kier molecular flexibility index (Phi) is 5.15. The van der Waals surface area contributed by atoms with E-state index in [4.69, 9.17) is 5.84 Å². The minimum Gasteiger partial charge on any atom is -0.369 e. The molecule has 1 amide bonds. The van der Waals surface area contributed by atoms with Crippen LogP contribution in [0.2, 0.25) is 0 Å². The van der Waals surface area contributed by atoms with Crippen LogP contribution in [0.4, 0.5) is 11.6 Å². The van der Waals surface area contributed by atoms with Crippen molar-refractivity contribution in [3.8, 4) is 0 Å². The molecule has 0 aromatic carbocycles. The normalized spacial score (nSPS) is 9.82. The molecule has 0 bridgehead atoms. The highest BCUT2D eigenvalue weighted by atomic mass is 16.1. The van der Waals surface area contributed by atoms with Gasteiger partial charge in [0.25, 0.3) is 0 Å². The minimum absolute atomic E-state index is 0.0122. The zero-order chi connectivity index (χ0) is 12.7. The molecule has 0 saturated heterocycles. The number of amides is 1. The summed E-state index contributed by atoms with van der Waals surface area (Å²) in [6.07, 6.45) is 2.58. The van der Waals surface area contributed by atoms with Crippen molar-refractivity contribution in [1.82, 2.24) is 15.3 Å². The summed E-state index contributed by atoms with van der Waals surface area (Å²) in [6.45, 7) is 2.51. The number of rotatable bonds is 6. The Bertz CT molecular complexity index is 381. The fourth-order valence-corrected chi connectivity index (χ4v) is 1.44. The van der Waals surface area contributed by atoms with Crippen molar-refractivity contribution in [3.63, 3.8) is 0 Å². The fourth-order valence-electron chi connectivity index (χ4n) is 1.44. The number of carbonyl (C=O) groups excluding carboxylic acids is 1. The SMILES string of the molecule is CCc1c(NN)ncnc1NCCC(=O)NC. The molecule has 0 radical (unpaired) electrons. The Morgan fingerprint density at radius 1 is 1.41 bits per heavy atom. The molecule has 0 atom stereocenters. The number of nitrogens with zero attached hydrogens (tertiary/aromatic N) is 2. The van der Waals surface area contributed by atoms with Crippen LogP contribution in [-0.4, -0.2) is 29.5 Å². The first-order chi connectivity index (χ1) is 8.22. The number of hydrazine groups is 1.